The average Bonchev–Trinajstić information content (AvgIpc) is 2.91. The first-order chi connectivity index (χ1) is 12.0. The van der Waals surface area contributed by atoms with Gasteiger partial charge in [-0.25, -0.2) is 0 Å². The number of carbonyl (C=O) groups excluding carboxylic acids is 1. The van der Waals surface area contributed by atoms with Crippen molar-refractivity contribution in [1.82, 2.24) is 10.2 Å². The fraction of sp³-hybridized carbons (Fsp3) is 0.632. The number of amides is 1. The normalized spacial score (nSPS) is 22.8. The molecule has 0 spiro atoms. The first-order valence-corrected chi connectivity index (χ1v) is 9.41. The molecule has 0 aromatic heterocycles. The minimum Gasteiger partial charge on any atom is -0.493 e. The van der Waals surface area contributed by atoms with Gasteiger partial charge >= 0.3 is 0 Å². The first kappa shape index (κ1) is 18.3. The van der Waals surface area contributed by atoms with E-state index in [0.717, 1.165) is 25.9 Å². The van der Waals surface area contributed by atoms with Crippen molar-refractivity contribution in [3.05, 3.63) is 22.7 Å². The van der Waals surface area contributed by atoms with Gasteiger partial charge in [0.2, 0.25) is 0 Å². The molecule has 2 aliphatic heterocycles. The zero-order valence-electron chi connectivity index (χ0n) is 15.2. The van der Waals surface area contributed by atoms with Crippen LogP contribution in [0, 0.1) is 5.92 Å². The second-order valence-corrected chi connectivity index (χ2v) is 7.78. The number of likely N-dealkylation sites (tertiary alicyclic amines) is 1. The highest BCUT2D eigenvalue weighted by atomic mass is 35.5. The molecule has 6 heteroatoms. The number of rotatable bonds is 5. The number of nitrogens with one attached hydrogen (secondary N) is 1. The molecular formula is C19H27ClN2O3. The summed E-state index contributed by atoms with van der Waals surface area (Å²) in [7, 11) is 1.57. The van der Waals surface area contributed by atoms with Gasteiger partial charge in [0, 0.05) is 30.7 Å². The van der Waals surface area contributed by atoms with Gasteiger partial charge in [0.15, 0.2) is 11.5 Å². The Morgan fingerprint density at radius 3 is 2.80 bits per heavy atom. The van der Waals surface area contributed by atoms with Crippen molar-refractivity contribution in [3.8, 4) is 11.5 Å². The van der Waals surface area contributed by atoms with Crippen LogP contribution in [0.4, 0.5) is 0 Å². The van der Waals surface area contributed by atoms with Crippen molar-refractivity contribution in [1.29, 1.82) is 0 Å². The van der Waals surface area contributed by atoms with Gasteiger partial charge < -0.3 is 19.7 Å². The molecule has 2 unspecified atom stereocenters. The lowest BCUT2D eigenvalue weighted by molar-refractivity contribution is 0.0747. The van der Waals surface area contributed by atoms with Crippen LogP contribution in [0.25, 0.3) is 0 Å². The van der Waals surface area contributed by atoms with Crippen LogP contribution in [-0.2, 0) is 0 Å². The maximum Gasteiger partial charge on any atom is 0.254 e. The van der Waals surface area contributed by atoms with Gasteiger partial charge in [-0.2, -0.15) is 0 Å². The molecule has 0 saturated carbocycles. The Labute approximate surface area is 154 Å². The number of methoxy groups -OCH3 is 1. The minimum atomic E-state index is 0.00459. The molecule has 2 saturated heterocycles. The molecule has 0 radical (unpaired) electrons. The van der Waals surface area contributed by atoms with Crippen LogP contribution >= 0.6 is 11.6 Å². The summed E-state index contributed by atoms with van der Waals surface area (Å²) in [5, 5.41) is 4.01. The SMILES string of the molecule is COc1cc(C(=O)N2CCC3CCC(C2)N3)cc(Cl)c1OCC(C)C. The van der Waals surface area contributed by atoms with E-state index in [1.54, 1.807) is 19.2 Å². The predicted molar refractivity (Wildman–Crippen MR) is 98.8 cm³/mol. The monoisotopic (exact) mass is 366 g/mol. The molecular weight excluding hydrogens is 340 g/mol. The molecule has 1 N–H and O–H groups in total. The lowest BCUT2D eigenvalue weighted by atomic mass is 10.1. The van der Waals surface area contributed by atoms with Crippen LogP contribution < -0.4 is 14.8 Å². The highest BCUT2D eigenvalue weighted by molar-refractivity contribution is 6.32. The van der Waals surface area contributed by atoms with Crippen LogP contribution in [0.5, 0.6) is 11.5 Å². The summed E-state index contributed by atoms with van der Waals surface area (Å²) in [6, 6.07) is 4.38. The standard InChI is InChI=1S/C19H27ClN2O3/c1-12(2)11-25-18-16(20)8-13(9-17(18)24-3)19(23)22-7-6-14-4-5-15(10-22)21-14/h8-9,12,14-15,21H,4-7,10-11H2,1-3H3. The van der Waals surface area contributed by atoms with E-state index in [1.165, 1.54) is 6.42 Å². The summed E-state index contributed by atoms with van der Waals surface area (Å²) in [4.78, 5) is 14.9. The summed E-state index contributed by atoms with van der Waals surface area (Å²) < 4.78 is 11.2. The number of nitrogens with zero attached hydrogens (tertiary/aromatic N) is 1. The van der Waals surface area contributed by atoms with E-state index in [2.05, 4.69) is 19.2 Å². The highest BCUT2D eigenvalue weighted by Gasteiger charge is 2.32. The molecule has 138 valence electrons. The molecule has 2 aliphatic rings. The molecule has 2 heterocycles. The quantitative estimate of drug-likeness (QED) is 0.868. The fourth-order valence-electron chi connectivity index (χ4n) is 3.54. The minimum absolute atomic E-state index is 0.00459. The van der Waals surface area contributed by atoms with Crippen LogP contribution in [-0.4, -0.2) is 49.7 Å². The second-order valence-electron chi connectivity index (χ2n) is 7.37. The predicted octanol–water partition coefficient (Wildman–Crippen LogP) is 3.35. The Balaban J connectivity index is 1.79. The highest BCUT2D eigenvalue weighted by Crippen LogP contribution is 2.37. The zero-order valence-corrected chi connectivity index (χ0v) is 15.9. The van der Waals surface area contributed by atoms with Gasteiger partial charge in [0.05, 0.1) is 18.7 Å². The van der Waals surface area contributed by atoms with E-state index in [1.807, 2.05) is 4.90 Å². The number of halogens is 1. The van der Waals surface area contributed by atoms with Crippen LogP contribution in [0.2, 0.25) is 5.02 Å². The Bertz CT molecular complexity index is 635. The molecule has 2 atom stereocenters. The fourth-order valence-corrected chi connectivity index (χ4v) is 3.81. The Morgan fingerprint density at radius 2 is 2.08 bits per heavy atom. The van der Waals surface area contributed by atoms with Crippen molar-refractivity contribution in [2.45, 2.75) is 45.2 Å². The van der Waals surface area contributed by atoms with Gasteiger partial charge in [0.25, 0.3) is 5.91 Å². The summed E-state index contributed by atoms with van der Waals surface area (Å²) >= 11 is 6.39. The zero-order chi connectivity index (χ0) is 18.0. The van der Waals surface area contributed by atoms with Crippen molar-refractivity contribution in [3.63, 3.8) is 0 Å². The van der Waals surface area contributed by atoms with Gasteiger partial charge in [-0.3, -0.25) is 4.79 Å². The molecule has 25 heavy (non-hydrogen) atoms. The lowest BCUT2D eigenvalue weighted by Gasteiger charge is -2.25. The van der Waals surface area contributed by atoms with Crippen molar-refractivity contribution in [2.75, 3.05) is 26.8 Å². The van der Waals surface area contributed by atoms with E-state index < -0.39 is 0 Å². The third-order valence-electron chi connectivity index (χ3n) is 4.85. The summed E-state index contributed by atoms with van der Waals surface area (Å²) in [5.74, 6) is 1.39. The molecule has 0 aliphatic carbocycles. The maximum absolute atomic E-state index is 13.0. The third kappa shape index (κ3) is 4.21. The van der Waals surface area contributed by atoms with Gasteiger partial charge in [-0.1, -0.05) is 25.4 Å². The Hall–Kier alpha value is -1.46. The van der Waals surface area contributed by atoms with Crippen molar-refractivity contribution < 1.29 is 14.3 Å². The second kappa shape index (κ2) is 7.83. The largest absolute Gasteiger partial charge is 0.493 e. The number of hydrogen-bond acceptors (Lipinski definition) is 4. The first-order valence-electron chi connectivity index (χ1n) is 9.03. The molecule has 1 aromatic rings. The Morgan fingerprint density at radius 1 is 1.32 bits per heavy atom. The molecule has 1 amide bonds. The average molecular weight is 367 g/mol. The molecule has 2 fully saturated rings. The summed E-state index contributed by atoms with van der Waals surface area (Å²) in [6.07, 6.45) is 3.36. The van der Waals surface area contributed by atoms with E-state index in [4.69, 9.17) is 21.1 Å². The van der Waals surface area contributed by atoms with Gasteiger partial charge in [0.1, 0.15) is 0 Å². The number of hydrogen-bond donors (Lipinski definition) is 1. The summed E-state index contributed by atoms with van der Waals surface area (Å²) in [5.41, 5.74) is 0.552. The molecule has 5 nitrogen and oxygen atoms in total. The summed E-state index contributed by atoms with van der Waals surface area (Å²) in [6.45, 7) is 6.21. The molecule has 1 aromatic carbocycles. The Kier molecular flexibility index (Phi) is 5.74. The number of ether oxygens (including phenoxy) is 2. The van der Waals surface area contributed by atoms with E-state index in [0.29, 0.717) is 46.7 Å². The van der Waals surface area contributed by atoms with Crippen molar-refractivity contribution >= 4 is 17.5 Å². The number of carbonyl (C=O) groups is 1. The molecule has 3 rings (SSSR count). The van der Waals surface area contributed by atoms with Crippen LogP contribution in [0.3, 0.4) is 0 Å². The molecule has 2 bridgehead atoms. The van der Waals surface area contributed by atoms with Gasteiger partial charge in [-0.15, -0.1) is 0 Å². The number of fused-ring (bicyclic) bond motifs is 2. The van der Waals surface area contributed by atoms with Crippen molar-refractivity contribution in [2.24, 2.45) is 5.92 Å². The number of benzene rings is 1. The smallest absolute Gasteiger partial charge is 0.254 e. The van der Waals surface area contributed by atoms with Crippen LogP contribution in [0.15, 0.2) is 12.1 Å². The van der Waals surface area contributed by atoms with Gasteiger partial charge in [-0.05, 0) is 37.3 Å². The van der Waals surface area contributed by atoms with Crippen LogP contribution in [0.1, 0.15) is 43.5 Å². The van der Waals surface area contributed by atoms with E-state index in [9.17, 15) is 4.79 Å². The van der Waals surface area contributed by atoms with E-state index >= 15 is 0 Å². The maximum atomic E-state index is 13.0. The lowest BCUT2D eigenvalue weighted by Crippen LogP contribution is -2.39. The van der Waals surface area contributed by atoms with E-state index in [-0.39, 0.29) is 5.91 Å². The third-order valence-corrected chi connectivity index (χ3v) is 5.13. The topological polar surface area (TPSA) is 50.8 Å².